The third kappa shape index (κ3) is 5.72. The van der Waals surface area contributed by atoms with Crippen molar-refractivity contribution in [3.8, 4) is 0 Å². The van der Waals surface area contributed by atoms with Crippen molar-refractivity contribution in [1.82, 2.24) is 0 Å². The summed E-state index contributed by atoms with van der Waals surface area (Å²) in [5, 5.41) is 0. The first-order chi connectivity index (χ1) is 18.3. The van der Waals surface area contributed by atoms with Crippen LogP contribution >= 0.6 is 0 Å². The number of benzene rings is 4. The summed E-state index contributed by atoms with van der Waals surface area (Å²) in [5.74, 6) is 0. The Morgan fingerprint density at radius 1 is 0.703 bits per heavy atom. The van der Waals surface area contributed by atoms with Gasteiger partial charge in [0, 0.05) is 0 Å². The lowest BCUT2D eigenvalue weighted by Gasteiger charge is -2.42. The molecular formula is C33H32O4. The fraction of sp³-hybridized carbons (Fsp3) is 0.242. The van der Waals surface area contributed by atoms with Crippen LogP contribution in [0, 0.1) is 0 Å². The van der Waals surface area contributed by atoms with Gasteiger partial charge >= 0.3 is 0 Å². The SMILES string of the molecule is O=CC1OC(COCc2ccccc2)CCC1OC(c1ccccc1)(c1ccccc1)c1ccccc1. The number of carbonyl (C=O) groups excluding carboxylic acids is 1. The van der Waals surface area contributed by atoms with Crippen LogP contribution in [0.1, 0.15) is 35.1 Å². The minimum atomic E-state index is -0.893. The fourth-order valence-corrected chi connectivity index (χ4v) is 5.09. The van der Waals surface area contributed by atoms with Gasteiger partial charge in [0.25, 0.3) is 0 Å². The summed E-state index contributed by atoms with van der Waals surface area (Å²) in [6, 6.07) is 40.7. The molecule has 5 rings (SSSR count). The lowest BCUT2D eigenvalue weighted by atomic mass is 9.79. The van der Waals surface area contributed by atoms with Crippen molar-refractivity contribution < 1.29 is 19.0 Å². The van der Waals surface area contributed by atoms with E-state index in [1.165, 1.54) is 0 Å². The molecule has 0 saturated carbocycles. The highest BCUT2D eigenvalue weighted by molar-refractivity contribution is 5.58. The second-order valence-corrected chi connectivity index (χ2v) is 9.37. The quantitative estimate of drug-likeness (QED) is 0.192. The van der Waals surface area contributed by atoms with Crippen LogP contribution < -0.4 is 0 Å². The van der Waals surface area contributed by atoms with Crippen molar-refractivity contribution in [3.63, 3.8) is 0 Å². The number of hydrogen-bond donors (Lipinski definition) is 0. The highest BCUT2D eigenvalue weighted by atomic mass is 16.6. The summed E-state index contributed by atoms with van der Waals surface area (Å²) in [6.45, 7) is 0.957. The molecule has 0 aromatic heterocycles. The van der Waals surface area contributed by atoms with E-state index < -0.39 is 17.8 Å². The molecule has 1 saturated heterocycles. The maximum absolute atomic E-state index is 12.3. The molecule has 1 aliphatic heterocycles. The summed E-state index contributed by atoms with van der Waals surface area (Å²) < 4.78 is 19.2. The van der Waals surface area contributed by atoms with Gasteiger partial charge in [0.15, 0.2) is 6.29 Å². The summed E-state index contributed by atoms with van der Waals surface area (Å²) in [7, 11) is 0. The first-order valence-electron chi connectivity index (χ1n) is 12.9. The number of carbonyl (C=O) groups is 1. The van der Waals surface area contributed by atoms with Gasteiger partial charge in [-0.3, -0.25) is 0 Å². The van der Waals surface area contributed by atoms with Crippen molar-refractivity contribution in [2.75, 3.05) is 6.61 Å². The number of ether oxygens (including phenoxy) is 3. The molecule has 4 heteroatoms. The van der Waals surface area contributed by atoms with Gasteiger partial charge in [-0.1, -0.05) is 121 Å². The van der Waals surface area contributed by atoms with Crippen LogP contribution in [0.4, 0.5) is 0 Å². The van der Waals surface area contributed by atoms with Crippen LogP contribution in [0.3, 0.4) is 0 Å². The standard InChI is InChI=1S/C33H32O4/c34-23-32-31(22-21-30(36-32)25-35-24-26-13-5-1-6-14-26)37-33(27-15-7-2-8-16-27,28-17-9-3-10-18-28)29-19-11-4-12-20-29/h1-20,23,30-32H,21-22,24-25H2. The molecule has 1 fully saturated rings. The van der Waals surface area contributed by atoms with Crippen molar-refractivity contribution in [2.24, 2.45) is 0 Å². The van der Waals surface area contributed by atoms with E-state index in [0.717, 1.165) is 35.0 Å². The van der Waals surface area contributed by atoms with E-state index in [1.807, 2.05) is 84.9 Å². The Morgan fingerprint density at radius 2 is 1.19 bits per heavy atom. The Morgan fingerprint density at radius 3 is 1.68 bits per heavy atom. The first-order valence-corrected chi connectivity index (χ1v) is 12.9. The third-order valence-electron chi connectivity index (χ3n) is 6.91. The molecule has 4 nitrogen and oxygen atoms in total. The second-order valence-electron chi connectivity index (χ2n) is 9.37. The zero-order valence-corrected chi connectivity index (χ0v) is 20.8. The summed E-state index contributed by atoms with van der Waals surface area (Å²) in [6.07, 6.45) is 1.06. The highest BCUT2D eigenvalue weighted by Crippen LogP contribution is 2.43. The van der Waals surface area contributed by atoms with Gasteiger partial charge in [0.1, 0.15) is 11.7 Å². The van der Waals surface area contributed by atoms with E-state index in [4.69, 9.17) is 14.2 Å². The Balaban J connectivity index is 1.40. The minimum Gasteiger partial charge on any atom is -0.374 e. The summed E-state index contributed by atoms with van der Waals surface area (Å²) >= 11 is 0. The number of rotatable bonds is 10. The van der Waals surface area contributed by atoms with E-state index in [1.54, 1.807) is 0 Å². The number of aldehydes is 1. The van der Waals surface area contributed by atoms with Gasteiger partial charge in [-0.25, -0.2) is 0 Å². The van der Waals surface area contributed by atoms with Crippen LogP contribution in [0.25, 0.3) is 0 Å². The van der Waals surface area contributed by atoms with E-state index in [2.05, 4.69) is 36.4 Å². The molecule has 0 spiro atoms. The van der Waals surface area contributed by atoms with Crippen LogP contribution in [0.5, 0.6) is 0 Å². The molecule has 0 aliphatic carbocycles. The van der Waals surface area contributed by atoms with Gasteiger partial charge in [-0.15, -0.1) is 0 Å². The fourth-order valence-electron chi connectivity index (χ4n) is 5.09. The lowest BCUT2D eigenvalue weighted by Crippen LogP contribution is -2.48. The van der Waals surface area contributed by atoms with Crippen LogP contribution in [-0.2, 0) is 31.2 Å². The molecule has 1 aliphatic rings. The maximum atomic E-state index is 12.3. The van der Waals surface area contributed by atoms with E-state index in [-0.39, 0.29) is 6.10 Å². The number of hydrogen-bond acceptors (Lipinski definition) is 4. The first kappa shape index (κ1) is 25.1. The Kier molecular flexibility index (Phi) is 8.21. The smallest absolute Gasteiger partial charge is 0.151 e. The average molecular weight is 493 g/mol. The maximum Gasteiger partial charge on any atom is 0.151 e. The summed E-state index contributed by atoms with van der Waals surface area (Å²) in [4.78, 5) is 12.3. The van der Waals surface area contributed by atoms with Crippen LogP contribution in [0.2, 0.25) is 0 Å². The van der Waals surface area contributed by atoms with E-state index >= 15 is 0 Å². The lowest BCUT2D eigenvalue weighted by molar-refractivity contribution is -0.180. The minimum absolute atomic E-state index is 0.154. The Bertz CT molecular complexity index is 1130. The van der Waals surface area contributed by atoms with Gasteiger partial charge < -0.3 is 19.0 Å². The largest absolute Gasteiger partial charge is 0.374 e. The third-order valence-corrected chi connectivity index (χ3v) is 6.91. The predicted octanol–water partition coefficient (Wildman–Crippen LogP) is 6.33. The molecule has 0 amide bonds. The summed E-state index contributed by atoms with van der Waals surface area (Å²) in [5.41, 5.74) is 3.24. The van der Waals surface area contributed by atoms with Crippen molar-refractivity contribution in [3.05, 3.63) is 144 Å². The van der Waals surface area contributed by atoms with Crippen LogP contribution in [0.15, 0.2) is 121 Å². The van der Waals surface area contributed by atoms with Gasteiger partial charge in [0.05, 0.1) is 25.4 Å². The molecule has 3 atom stereocenters. The average Bonchev–Trinajstić information content (AvgIpc) is 2.98. The molecule has 4 aromatic rings. The topological polar surface area (TPSA) is 44.8 Å². The molecule has 188 valence electrons. The molecule has 37 heavy (non-hydrogen) atoms. The normalized spacial score (nSPS) is 19.8. The van der Waals surface area contributed by atoms with Crippen molar-refractivity contribution in [1.29, 1.82) is 0 Å². The zero-order chi connectivity index (χ0) is 25.3. The van der Waals surface area contributed by atoms with Gasteiger partial charge in [-0.2, -0.15) is 0 Å². The molecule has 4 aromatic carbocycles. The highest BCUT2D eigenvalue weighted by Gasteiger charge is 2.43. The second kappa shape index (κ2) is 12.1. The van der Waals surface area contributed by atoms with E-state index in [0.29, 0.717) is 19.6 Å². The van der Waals surface area contributed by atoms with Gasteiger partial charge in [0.2, 0.25) is 0 Å². The Labute approximate surface area is 218 Å². The van der Waals surface area contributed by atoms with Gasteiger partial charge in [-0.05, 0) is 35.1 Å². The molecule has 0 bridgehead atoms. The zero-order valence-electron chi connectivity index (χ0n) is 20.8. The molecule has 0 N–H and O–H groups in total. The van der Waals surface area contributed by atoms with Crippen LogP contribution in [-0.4, -0.2) is 31.2 Å². The molecule has 1 heterocycles. The van der Waals surface area contributed by atoms with Crippen molar-refractivity contribution in [2.45, 2.75) is 43.4 Å². The monoisotopic (exact) mass is 492 g/mol. The predicted molar refractivity (Wildman–Crippen MR) is 144 cm³/mol. The molecular weight excluding hydrogens is 460 g/mol. The van der Waals surface area contributed by atoms with Crippen molar-refractivity contribution >= 4 is 6.29 Å². The molecule has 0 radical (unpaired) electrons. The molecule has 3 unspecified atom stereocenters. The van der Waals surface area contributed by atoms with E-state index in [9.17, 15) is 4.79 Å². The Hall–Kier alpha value is -3.57.